The number of amides is 4. The molecule has 0 saturated heterocycles. The number of benzene rings is 3. The van der Waals surface area contributed by atoms with E-state index in [0.29, 0.717) is 19.4 Å². The summed E-state index contributed by atoms with van der Waals surface area (Å²) in [6.45, 7) is 5.58. The molecule has 43 heavy (non-hydrogen) atoms. The van der Waals surface area contributed by atoms with E-state index in [1.54, 1.807) is 25.7 Å². The van der Waals surface area contributed by atoms with Crippen LogP contribution in [0.5, 0.6) is 0 Å². The van der Waals surface area contributed by atoms with Crippen molar-refractivity contribution in [3.8, 4) is 11.1 Å². The molecule has 3 aromatic carbocycles. The molecule has 4 rings (SSSR count). The van der Waals surface area contributed by atoms with Gasteiger partial charge < -0.3 is 31.3 Å². The first-order valence-corrected chi connectivity index (χ1v) is 14.4. The maximum Gasteiger partial charge on any atom is 0.325 e. The van der Waals surface area contributed by atoms with Gasteiger partial charge in [-0.15, -0.1) is 0 Å². The number of hydrogen-bond donors (Lipinski definition) is 4. The summed E-state index contributed by atoms with van der Waals surface area (Å²) in [5.74, 6) is -1.04. The Bertz CT molecular complexity index is 1470. The molecule has 1 aliphatic heterocycles. The number of nitrogens with zero attached hydrogens (tertiary/aromatic N) is 1. The summed E-state index contributed by atoms with van der Waals surface area (Å²) in [5.41, 5.74) is 10.5. The quantitative estimate of drug-likeness (QED) is 0.269. The predicted molar refractivity (Wildman–Crippen MR) is 165 cm³/mol. The van der Waals surface area contributed by atoms with Crippen LogP contribution in [0.2, 0.25) is 0 Å². The fraction of sp³-hybridized carbons (Fsp3) is 0.333. The van der Waals surface area contributed by atoms with Crippen molar-refractivity contribution in [1.82, 2.24) is 16.0 Å². The van der Waals surface area contributed by atoms with Gasteiger partial charge in [0.2, 0.25) is 11.8 Å². The van der Waals surface area contributed by atoms with Gasteiger partial charge in [0.15, 0.2) is 0 Å². The molecule has 0 bridgehead atoms. The Morgan fingerprint density at radius 1 is 0.977 bits per heavy atom. The second-order valence-electron chi connectivity index (χ2n) is 11.0. The van der Waals surface area contributed by atoms with Gasteiger partial charge in [-0.2, -0.15) is 0 Å². The Kier molecular flexibility index (Phi) is 10.2. The topological polar surface area (TPSA) is 143 Å². The zero-order chi connectivity index (χ0) is 31.0. The minimum atomic E-state index is -1.10. The molecule has 1 atom stereocenters. The van der Waals surface area contributed by atoms with Gasteiger partial charge in [0, 0.05) is 12.2 Å². The molecule has 10 nitrogen and oxygen atoms in total. The number of nitrogens with one attached hydrogen (secondary N) is 3. The van der Waals surface area contributed by atoms with E-state index in [0.717, 1.165) is 33.5 Å². The molecule has 0 spiro atoms. The van der Waals surface area contributed by atoms with E-state index in [4.69, 9.17) is 10.5 Å². The van der Waals surface area contributed by atoms with Crippen LogP contribution in [0.3, 0.4) is 0 Å². The number of carbonyl (C=O) groups excluding carboxylic acids is 4. The van der Waals surface area contributed by atoms with E-state index in [9.17, 15) is 19.2 Å². The summed E-state index contributed by atoms with van der Waals surface area (Å²) in [6.07, 6.45) is 1.14. The molecular formula is C33H39N5O5. The van der Waals surface area contributed by atoms with Crippen LogP contribution < -0.4 is 26.6 Å². The summed E-state index contributed by atoms with van der Waals surface area (Å²) in [7, 11) is 0. The van der Waals surface area contributed by atoms with Crippen molar-refractivity contribution in [3.63, 3.8) is 0 Å². The summed E-state index contributed by atoms with van der Waals surface area (Å²) >= 11 is 0. The van der Waals surface area contributed by atoms with E-state index >= 15 is 0 Å². The van der Waals surface area contributed by atoms with Gasteiger partial charge in [-0.25, -0.2) is 4.79 Å². The zero-order valence-electron chi connectivity index (χ0n) is 24.8. The van der Waals surface area contributed by atoms with Crippen molar-refractivity contribution >= 4 is 29.5 Å². The zero-order valence-corrected chi connectivity index (χ0v) is 24.8. The SMILES string of the molecule is CCOC(=O)CNC(=O)NCc1ccccc1-c1ccc(CN2C(=O)[C@H](NC(=O)C(C)(C)N)CCc3ccccc32)cc1. The Morgan fingerprint density at radius 2 is 1.67 bits per heavy atom. The lowest BCUT2D eigenvalue weighted by Gasteiger charge is -2.28. The van der Waals surface area contributed by atoms with Crippen molar-refractivity contribution in [1.29, 1.82) is 0 Å². The number of anilines is 1. The molecule has 1 heterocycles. The third-order valence-corrected chi connectivity index (χ3v) is 7.20. The Morgan fingerprint density at radius 3 is 2.40 bits per heavy atom. The van der Waals surface area contributed by atoms with Gasteiger partial charge in [-0.3, -0.25) is 14.4 Å². The smallest absolute Gasteiger partial charge is 0.325 e. The molecule has 226 valence electrons. The van der Waals surface area contributed by atoms with Crippen LogP contribution in [0.25, 0.3) is 11.1 Å². The van der Waals surface area contributed by atoms with E-state index in [1.807, 2.05) is 72.8 Å². The van der Waals surface area contributed by atoms with E-state index in [1.165, 1.54) is 0 Å². The monoisotopic (exact) mass is 585 g/mol. The van der Waals surface area contributed by atoms with E-state index in [-0.39, 0.29) is 31.5 Å². The average molecular weight is 586 g/mol. The average Bonchev–Trinajstić information content (AvgIpc) is 3.11. The van der Waals surface area contributed by atoms with Crippen molar-refractivity contribution in [3.05, 3.63) is 89.5 Å². The fourth-order valence-corrected chi connectivity index (χ4v) is 4.89. The van der Waals surface area contributed by atoms with Gasteiger partial charge in [-0.05, 0) is 67.5 Å². The highest BCUT2D eigenvalue weighted by atomic mass is 16.5. The lowest BCUT2D eigenvalue weighted by molar-refractivity contribution is -0.141. The number of esters is 1. The Labute approximate surface area is 252 Å². The molecule has 0 fully saturated rings. The molecule has 10 heteroatoms. The minimum absolute atomic E-state index is 0.177. The molecular weight excluding hydrogens is 546 g/mol. The van der Waals surface area contributed by atoms with Crippen LogP contribution in [0, 0.1) is 0 Å². The standard InChI is InChI=1S/C33H39N5O5/c1-4-43-29(39)20-36-32(42)35-19-25-10-5-7-11-26(25)23-15-13-22(14-16-23)21-38-28-12-8-6-9-24(28)17-18-27(30(38)40)37-31(41)33(2,3)34/h5-16,27H,4,17-21,34H2,1-3H3,(H,37,41)(H2,35,36,42)/t27-/m1/s1. The first-order valence-electron chi connectivity index (χ1n) is 14.4. The minimum Gasteiger partial charge on any atom is -0.465 e. The van der Waals surface area contributed by atoms with E-state index in [2.05, 4.69) is 16.0 Å². The molecule has 4 amide bonds. The van der Waals surface area contributed by atoms with Crippen LogP contribution in [0.4, 0.5) is 10.5 Å². The van der Waals surface area contributed by atoms with Crippen molar-refractivity contribution in [2.45, 2.75) is 58.3 Å². The van der Waals surface area contributed by atoms with Gasteiger partial charge in [0.25, 0.3) is 0 Å². The molecule has 1 aliphatic rings. The first-order chi connectivity index (χ1) is 20.6. The van der Waals surface area contributed by atoms with Crippen molar-refractivity contribution in [2.75, 3.05) is 18.1 Å². The van der Waals surface area contributed by atoms with Crippen molar-refractivity contribution < 1.29 is 23.9 Å². The number of carbonyl (C=O) groups is 4. The predicted octanol–water partition coefficient (Wildman–Crippen LogP) is 3.42. The van der Waals surface area contributed by atoms with Crippen LogP contribution in [-0.4, -0.2) is 48.5 Å². The van der Waals surface area contributed by atoms with E-state index < -0.39 is 23.6 Å². The molecule has 3 aromatic rings. The summed E-state index contributed by atoms with van der Waals surface area (Å²) in [5, 5.41) is 8.13. The van der Waals surface area contributed by atoms with Crippen molar-refractivity contribution in [2.24, 2.45) is 5.73 Å². The van der Waals surface area contributed by atoms with Gasteiger partial charge in [-0.1, -0.05) is 66.7 Å². The molecule has 0 aromatic heterocycles. The number of urea groups is 1. The van der Waals surface area contributed by atoms with Gasteiger partial charge >= 0.3 is 12.0 Å². The highest BCUT2D eigenvalue weighted by molar-refractivity contribution is 6.01. The number of rotatable bonds is 10. The second-order valence-corrected chi connectivity index (χ2v) is 11.0. The molecule has 0 unspecified atom stereocenters. The van der Waals surface area contributed by atoms with Gasteiger partial charge in [0.1, 0.15) is 12.6 Å². The number of ether oxygens (including phenoxy) is 1. The lowest BCUT2D eigenvalue weighted by Crippen LogP contribution is -2.56. The molecule has 0 saturated carbocycles. The number of fused-ring (bicyclic) bond motifs is 1. The van der Waals surface area contributed by atoms with Crippen LogP contribution in [0.15, 0.2) is 72.8 Å². The largest absolute Gasteiger partial charge is 0.465 e. The number of para-hydroxylation sites is 1. The number of hydrogen-bond acceptors (Lipinski definition) is 6. The fourth-order valence-electron chi connectivity index (χ4n) is 4.89. The van der Waals surface area contributed by atoms with Crippen LogP contribution >= 0.6 is 0 Å². The highest BCUT2D eigenvalue weighted by Crippen LogP contribution is 2.30. The summed E-state index contributed by atoms with van der Waals surface area (Å²) < 4.78 is 4.83. The second kappa shape index (κ2) is 14.0. The third kappa shape index (κ3) is 8.20. The normalized spacial score (nSPS) is 14.7. The Hall–Kier alpha value is -4.70. The Balaban J connectivity index is 1.48. The van der Waals surface area contributed by atoms with Gasteiger partial charge in [0.05, 0.1) is 18.7 Å². The van der Waals surface area contributed by atoms with Crippen LogP contribution in [-0.2, 0) is 38.6 Å². The molecule has 0 aliphatic carbocycles. The maximum atomic E-state index is 13.8. The van der Waals surface area contributed by atoms with Crippen LogP contribution in [0.1, 0.15) is 43.9 Å². The highest BCUT2D eigenvalue weighted by Gasteiger charge is 2.34. The first kappa shape index (κ1) is 31.2. The lowest BCUT2D eigenvalue weighted by atomic mass is 9.98. The summed E-state index contributed by atoms with van der Waals surface area (Å²) in [6, 6.07) is 22.3. The number of nitrogens with two attached hydrogens (primary N) is 1. The third-order valence-electron chi connectivity index (χ3n) is 7.20. The number of aryl methyl sites for hydroxylation is 1. The maximum absolute atomic E-state index is 13.8. The molecule has 0 radical (unpaired) electrons. The molecule has 5 N–H and O–H groups in total. The summed E-state index contributed by atoms with van der Waals surface area (Å²) in [4.78, 5) is 51.8.